The van der Waals surface area contributed by atoms with E-state index in [-0.39, 0.29) is 17.3 Å². The number of aromatic nitrogens is 2. The molecular formula is C9H12N4O2S2. The van der Waals surface area contributed by atoms with Crippen molar-refractivity contribution in [1.29, 1.82) is 0 Å². The van der Waals surface area contributed by atoms with Crippen LogP contribution in [0.3, 0.4) is 0 Å². The summed E-state index contributed by atoms with van der Waals surface area (Å²) >= 11 is 1.49. The summed E-state index contributed by atoms with van der Waals surface area (Å²) in [6.07, 6.45) is 1.38. The quantitative estimate of drug-likeness (QED) is 0.850. The number of nitrogens with one attached hydrogen (secondary N) is 1. The maximum Gasteiger partial charge on any atom is 0.246 e. The second-order valence-corrected chi connectivity index (χ2v) is 6.22. The third kappa shape index (κ3) is 2.65. The van der Waals surface area contributed by atoms with Crippen LogP contribution in [-0.4, -0.2) is 18.2 Å². The average Bonchev–Trinajstić information content (AvgIpc) is 2.85. The molecule has 2 rings (SSSR count). The van der Waals surface area contributed by atoms with Gasteiger partial charge in [0.05, 0.1) is 0 Å². The summed E-state index contributed by atoms with van der Waals surface area (Å²) in [5, 5.41) is 5.69. The molecule has 0 saturated carbocycles. The third-order valence-electron chi connectivity index (χ3n) is 2.13. The molecule has 2 aromatic heterocycles. The van der Waals surface area contributed by atoms with Gasteiger partial charge < -0.3 is 5.73 Å². The van der Waals surface area contributed by atoms with Gasteiger partial charge in [-0.2, -0.15) is 5.10 Å². The predicted octanol–water partition coefficient (Wildman–Crippen LogP) is 0.542. The first-order valence-electron chi connectivity index (χ1n) is 4.80. The number of nitrogen functional groups attached to an aromatic ring is 1. The summed E-state index contributed by atoms with van der Waals surface area (Å²) in [5.74, 6) is 0.00572. The fourth-order valence-corrected chi connectivity index (χ4v) is 3.19. The third-order valence-corrected chi connectivity index (χ3v) is 4.42. The Morgan fingerprint density at radius 1 is 1.59 bits per heavy atom. The summed E-state index contributed by atoms with van der Waals surface area (Å²) in [6, 6.07) is 3.73. The lowest BCUT2D eigenvalue weighted by atomic mass is 10.5. The minimum absolute atomic E-state index is 0.00572. The van der Waals surface area contributed by atoms with Crippen LogP contribution >= 0.6 is 11.3 Å². The molecule has 0 aromatic carbocycles. The topological polar surface area (TPSA) is 90.0 Å². The van der Waals surface area contributed by atoms with Crippen LogP contribution in [0, 0.1) is 0 Å². The van der Waals surface area contributed by atoms with E-state index in [1.807, 2.05) is 17.5 Å². The van der Waals surface area contributed by atoms with Crippen LogP contribution in [0.4, 0.5) is 5.82 Å². The summed E-state index contributed by atoms with van der Waals surface area (Å²) in [7, 11) is -1.98. The molecule has 3 N–H and O–H groups in total. The predicted molar refractivity (Wildman–Crippen MR) is 66.0 cm³/mol. The molecule has 0 fully saturated rings. The molecule has 0 spiro atoms. The van der Waals surface area contributed by atoms with Gasteiger partial charge in [0, 0.05) is 24.7 Å². The van der Waals surface area contributed by atoms with Gasteiger partial charge in [-0.05, 0) is 11.4 Å². The van der Waals surface area contributed by atoms with Gasteiger partial charge in [-0.1, -0.05) is 6.07 Å². The molecule has 2 heterocycles. The Balaban J connectivity index is 2.17. The fourth-order valence-electron chi connectivity index (χ4n) is 1.35. The molecule has 6 nitrogen and oxygen atoms in total. The first kappa shape index (κ1) is 12.1. The number of hydrogen-bond acceptors (Lipinski definition) is 5. The van der Waals surface area contributed by atoms with Crippen molar-refractivity contribution >= 4 is 27.2 Å². The zero-order valence-electron chi connectivity index (χ0n) is 9.12. The van der Waals surface area contributed by atoms with Gasteiger partial charge in [-0.15, -0.1) is 11.3 Å². The van der Waals surface area contributed by atoms with E-state index in [4.69, 9.17) is 5.73 Å². The number of nitrogens with zero attached hydrogens (tertiary/aromatic N) is 2. The van der Waals surface area contributed by atoms with Crippen molar-refractivity contribution in [2.45, 2.75) is 11.4 Å². The van der Waals surface area contributed by atoms with Crippen LogP contribution in [-0.2, 0) is 23.6 Å². The molecule has 0 amide bonds. The monoisotopic (exact) mass is 272 g/mol. The van der Waals surface area contributed by atoms with Crippen molar-refractivity contribution in [3.05, 3.63) is 28.6 Å². The Bertz CT molecular complexity index is 601. The minimum Gasteiger partial charge on any atom is -0.381 e. The molecule has 0 atom stereocenters. The number of sulfonamides is 1. The van der Waals surface area contributed by atoms with Crippen molar-refractivity contribution in [3.63, 3.8) is 0 Å². The number of hydrogen-bond donors (Lipinski definition) is 2. The molecule has 0 aliphatic rings. The van der Waals surface area contributed by atoms with Gasteiger partial charge in [0.15, 0.2) is 5.82 Å². The molecule has 92 valence electrons. The molecule has 0 aliphatic heterocycles. The Morgan fingerprint density at radius 3 is 2.88 bits per heavy atom. The van der Waals surface area contributed by atoms with E-state index in [0.29, 0.717) is 0 Å². The van der Waals surface area contributed by atoms with Crippen LogP contribution in [0.2, 0.25) is 0 Å². The van der Waals surface area contributed by atoms with E-state index in [1.54, 1.807) is 7.05 Å². The van der Waals surface area contributed by atoms with Crippen LogP contribution in [0.25, 0.3) is 0 Å². The molecule has 8 heteroatoms. The van der Waals surface area contributed by atoms with Gasteiger partial charge in [0.25, 0.3) is 0 Å². The lowest BCUT2D eigenvalue weighted by Gasteiger charge is -2.03. The van der Waals surface area contributed by atoms with E-state index in [1.165, 1.54) is 22.2 Å². The highest BCUT2D eigenvalue weighted by Gasteiger charge is 2.20. The Labute approximate surface area is 103 Å². The first-order valence-corrected chi connectivity index (χ1v) is 7.16. The van der Waals surface area contributed by atoms with E-state index in [9.17, 15) is 8.42 Å². The zero-order valence-corrected chi connectivity index (χ0v) is 10.8. The van der Waals surface area contributed by atoms with E-state index in [0.717, 1.165) is 4.88 Å². The lowest BCUT2D eigenvalue weighted by Crippen LogP contribution is -2.23. The van der Waals surface area contributed by atoms with Gasteiger partial charge >= 0.3 is 0 Å². The highest BCUT2D eigenvalue weighted by molar-refractivity contribution is 7.89. The molecule has 17 heavy (non-hydrogen) atoms. The molecule has 0 aliphatic carbocycles. The van der Waals surface area contributed by atoms with Crippen molar-refractivity contribution in [1.82, 2.24) is 14.5 Å². The Hall–Kier alpha value is -1.38. The highest BCUT2D eigenvalue weighted by atomic mass is 32.2. The van der Waals surface area contributed by atoms with E-state index < -0.39 is 10.0 Å². The summed E-state index contributed by atoms with van der Waals surface area (Å²) < 4.78 is 27.7. The lowest BCUT2D eigenvalue weighted by molar-refractivity contribution is 0.582. The van der Waals surface area contributed by atoms with Gasteiger partial charge in [0.2, 0.25) is 10.0 Å². The van der Waals surface area contributed by atoms with Crippen molar-refractivity contribution in [2.75, 3.05) is 5.73 Å². The first-order chi connectivity index (χ1) is 7.99. The van der Waals surface area contributed by atoms with E-state index >= 15 is 0 Å². The van der Waals surface area contributed by atoms with Gasteiger partial charge in [0.1, 0.15) is 4.90 Å². The zero-order chi connectivity index (χ0) is 12.5. The number of rotatable bonds is 4. The molecular weight excluding hydrogens is 260 g/mol. The van der Waals surface area contributed by atoms with Gasteiger partial charge in [-0.25, -0.2) is 13.1 Å². The van der Waals surface area contributed by atoms with Crippen molar-refractivity contribution in [2.24, 2.45) is 7.05 Å². The van der Waals surface area contributed by atoms with Crippen LogP contribution in [0.1, 0.15) is 4.88 Å². The normalized spacial score (nSPS) is 11.8. The molecule has 2 aromatic rings. The van der Waals surface area contributed by atoms with E-state index in [2.05, 4.69) is 9.82 Å². The maximum absolute atomic E-state index is 11.9. The summed E-state index contributed by atoms with van der Waals surface area (Å²) in [5.41, 5.74) is 5.53. The Morgan fingerprint density at radius 2 is 2.35 bits per heavy atom. The summed E-state index contributed by atoms with van der Waals surface area (Å²) in [4.78, 5) is 0.951. The molecule has 0 unspecified atom stereocenters. The van der Waals surface area contributed by atoms with Crippen LogP contribution < -0.4 is 10.5 Å². The second kappa shape index (κ2) is 4.47. The summed E-state index contributed by atoms with van der Waals surface area (Å²) in [6.45, 7) is 0.258. The van der Waals surface area contributed by atoms with Crippen LogP contribution in [0.5, 0.6) is 0 Å². The number of thiophene rings is 1. The molecule has 0 radical (unpaired) electrons. The fraction of sp³-hybridized carbons (Fsp3) is 0.222. The number of nitrogens with two attached hydrogens (primary N) is 1. The highest BCUT2D eigenvalue weighted by Crippen LogP contribution is 2.16. The number of anilines is 1. The second-order valence-electron chi connectivity index (χ2n) is 3.46. The standard InChI is InChI=1S/C9H12N4O2S2/c1-13-6-8(9(10)12-13)17(14,15)11-5-7-3-2-4-16-7/h2-4,6,11H,5H2,1H3,(H2,10,12). The minimum atomic E-state index is -3.60. The SMILES string of the molecule is Cn1cc(S(=O)(=O)NCc2cccs2)c(N)n1. The number of aryl methyl sites for hydroxylation is 1. The average molecular weight is 272 g/mol. The van der Waals surface area contributed by atoms with Crippen molar-refractivity contribution in [3.8, 4) is 0 Å². The largest absolute Gasteiger partial charge is 0.381 e. The Kier molecular flexibility index (Phi) is 3.18. The van der Waals surface area contributed by atoms with Gasteiger partial charge in [-0.3, -0.25) is 4.68 Å². The smallest absolute Gasteiger partial charge is 0.246 e. The molecule has 0 bridgehead atoms. The van der Waals surface area contributed by atoms with Crippen LogP contribution in [0.15, 0.2) is 28.6 Å². The van der Waals surface area contributed by atoms with Crippen molar-refractivity contribution < 1.29 is 8.42 Å². The maximum atomic E-state index is 11.9. The molecule has 0 saturated heterocycles.